The lowest BCUT2D eigenvalue weighted by Gasteiger charge is -2.27. The van der Waals surface area contributed by atoms with Crippen molar-refractivity contribution in [2.45, 2.75) is 51.9 Å². The lowest BCUT2D eigenvalue weighted by molar-refractivity contribution is -0.659. The lowest BCUT2D eigenvalue weighted by Crippen LogP contribution is -2.32. The van der Waals surface area contributed by atoms with Gasteiger partial charge in [-0.1, -0.05) is 43.5 Å². The average molecular weight is 395 g/mol. The van der Waals surface area contributed by atoms with E-state index < -0.39 is 0 Å². The van der Waals surface area contributed by atoms with Crippen LogP contribution in [0.4, 0.5) is 0 Å². The number of pyridine rings is 1. The Hall–Kier alpha value is -2.87. The molecule has 30 heavy (non-hydrogen) atoms. The highest BCUT2D eigenvalue weighted by atomic mass is 16.5. The second kappa shape index (κ2) is 6.57. The first-order valence-electron chi connectivity index (χ1n) is 11.3. The van der Waals surface area contributed by atoms with Crippen molar-refractivity contribution < 1.29 is 9.30 Å². The Morgan fingerprint density at radius 1 is 0.867 bits per heavy atom. The summed E-state index contributed by atoms with van der Waals surface area (Å²) in [5.41, 5.74) is 6.75. The molecule has 2 nitrogen and oxygen atoms in total. The van der Waals surface area contributed by atoms with Crippen molar-refractivity contribution in [3.05, 3.63) is 65.4 Å². The minimum Gasteiger partial charge on any atom is -0.456 e. The van der Waals surface area contributed by atoms with E-state index in [4.69, 9.17) is 4.74 Å². The van der Waals surface area contributed by atoms with E-state index in [1.165, 1.54) is 81.6 Å². The van der Waals surface area contributed by atoms with Crippen molar-refractivity contribution in [3.8, 4) is 22.8 Å². The zero-order chi connectivity index (χ0) is 20.4. The summed E-state index contributed by atoms with van der Waals surface area (Å²) in [6.45, 7) is 4.55. The molecule has 2 heteroatoms. The summed E-state index contributed by atoms with van der Waals surface area (Å²) in [4.78, 5) is 0. The zero-order valence-corrected chi connectivity index (χ0v) is 18.1. The molecule has 150 valence electrons. The molecule has 0 bridgehead atoms. The maximum Gasteiger partial charge on any atom is 0.228 e. The monoisotopic (exact) mass is 394 g/mol. The Kier molecular flexibility index (Phi) is 3.93. The SMILES string of the molecule is Cc1c2c(cc3ccccc13)Oc1cc(C3CCCCC3)c(C)c3cc[n+](C)c-2c13. The highest BCUT2D eigenvalue weighted by Crippen LogP contribution is 2.50. The molecular formula is C28H28NO+. The molecule has 4 aromatic rings. The van der Waals surface area contributed by atoms with Gasteiger partial charge < -0.3 is 4.74 Å². The van der Waals surface area contributed by atoms with Crippen LogP contribution < -0.4 is 9.30 Å². The summed E-state index contributed by atoms with van der Waals surface area (Å²) in [6, 6.07) is 15.5. The van der Waals surface area contributed by atoms with Gasteiger partial charge in [-0.2, -0.15) is 0 Å². The predicted molar refractivity (Wildman–Crippen MR) is 123 cm³/mol. The summed E-state index contributed by atoms with van der Waals surface area (Å²) in [5, 5.41) is 5.16. The number of hydrogen-bond donors (Lipinski definition) is 0. The van der Waals surface area contributed by atoms with Gasteiger partial charge in [0.25, 0.3) is 0 Å². The summed E-state index contributed by atoms with van der Waals surface area (Å²) in [5.74, 6) is 2.69. The van der Waals surface area contributed by atoms with E-state index >= 15 is 0 Å². The maximum atomic E-state index is 6.67. The van der Waals surface area contributed by atoms with Gasteiger partial charge in [-0.05, 0) is 72.2 Å². The van der Waals surface area contributed by atoms with E-state index in [0.29, 0.717) is 5.92 Å². The molecule has 2 aliphatic rings. The van der Waals surface area contributed by atoms with Gasteiger partial charge in [-0.15, -0.1) is 0 Å². The van der Waals surface area contributed by atoms with Crippen LogP contribution >= 0.6 is 0 Å². The summed E-state index contributed by atoms with van der Waals surface area (Å²) in [7, 11) is 2.16. The van der Waals surface area contributed by atoms with Crippen LogP contribution in [-0.2, 0) is 7.05 Å². The Morgan fingerprint density at radius 3 is 2.50 bits per heavy atom. The highest BCUT2D eigenvalue weighted by molar-refractivity contribution is 6.06. The molecule has 1 aliphatic heterocycles. The van der Waals surface area contributed by atoms with Crippen molar-refractivity contribution >= 4 is 21.5 Å². The third kappa shape index (κ3) is 2.46. The summed E-state index contributed by atoms with van der Waals surface area (Å²) in [6.07, 6.45) is 8.91. The highest BCUT2D eigenvalue weighted by Gasteiger charge is 2.32. The number of ether oxygens (including phenoxy) is 1. The minimum atomic E-state index is 0.667. The van der Waals surface area contributed by atoms with Crippen molar-refractivity contribution in [2.24, 2.45) is 7.05 Å². The molecule has 3 aromatic carbocycles. The van der Waals surface area contributed by atoms with E-state index in [1.807, 2.05) is 0 Å². The molecule has 1 aromatic heterocycles. The van der Waals surface area contributed by atoms with E-state index in [9.17, 15) is 0 Å². The van der Waals surface area contributed by atoms with E-state index in [2.05, 4.69) is 74.1 Å². The van der Waals surface area contributed by atoms with Crippen LogP contribution in [0.3, 0.4) is 0 Å². The van der Waals surface area contributed by atoms with Crippen molar-refractivity contribution in [1.82, 2.24) is 0 Å². The Morgan fingerprint density at radius 2 is 1.67 bits per heavy atom. The fraction of sp³-hybridized carbons (Fsp3) is 0.321. The smallest absolute Gasteiger partial charge is 0.228 e. The molecular weight excluding hydrogens is 366 g/mol. The van der Waals surface area contributed by atoms with Crippen molar-refractivity contribution in [2.75, 3.05) is 0 Å². The quantitative estimate of drug-likeness (QED) is 0.273. The number of nitrogens with zero attached hydrogens (tertiary/aromatic N) is 1. The van der Waals surface area contributed by atoms with Gasteiger partial charge in [-0.3, -0.25) is 0 Å². The van der Waals surface area contributed by atoms with Gasteiger partial charge >= 0.3 is 0 Å². The first kappa shape index (κ1) is 17.9. The van der Waals surface area contributed by atoms with Crippen molar-refractivity contribution in [1.29, 1.82) is 0 Å². The van der Waals surface area contributed by atoms with E-state index in [1.54, 1.807) is 0 Å². The second-order valence-electron chi connectivity index (χ2n) is 9.19. The molecule has 0 radical (unpaired) electrons. The van der Waals surface area contributed by atoms with Crippen LogP contribution in [0, 0.1) is 13.8 Å². The topological polar surface area (TPSA) is 13.1 Å². The largest absolute Gasteiger partial charge is 0.456 e. The second-order valence-corrected chi connectivity index (χ2v) is 9.19. The Bertz CT molecular complexity index is 1330. The van der Waals surface area contributed by atoms with Crippen molar-refractivity contribution in [3.63, 3.8) is 0 Å². The first-order chi connectivity index (χ1) is 14.6. The third-order valence-corrected chi connectivity index (χ3v) is 7.47. The van der Waals surface area contributed by atoms with Crippen LogP contribution in [-0.4, -0.2) is 0 Å². The summed E-state index contributed by atoms with van der Waals surface area (Å²) < 4.78 is 8.94. The molecule has 0 unspecified atom stereocenters. The van der Waals surface area contributed by atoms with Gasteiger partial charge in [0, 0.05) is 11.5 Å². The fourth-order valence-electron chi connectivity index (χ4n) is 5.90. The first-order valence-corrected chi connectivity index (χ1v) is 11.3. The van der Waals surface area contributed by atoms with Gasteiger partial charge in [0.2, 0.25) is 5.69 Å². The summed E-state index contributed by atoms with van der Waals surface area (Å²) >= 11 is 0. The number of aromatic nitrogens is 1. The molecule has 0 atom stereocenters. The van der Waals surface area contributed by atoms with Crippen LogP contribution in [0.1, 0.15) is 54.7 Å². The molecule has 0 amide bonds. The zero-order valence-electron chi connectivity index (χ0n) is 18.1. The van der Waals surface area contributed by atoms with Gasteiger partial charge in [0.05, 0.1) is 10.9 Å². The third-order valence-electron chi connectivity index (χ3n) is 7.47. The normalized spacial score (nSPS) is 16.0. The number of fused-ring (bicyclic) bond motifs is 3. The number of rotatable bonds is 1. The lowest BCUT2D eigenvalue weighted by atomic mass is 9.80. The Labute approximate surface area is 178 Å². The molecule has 0 spiro atoms. The van der Waals surface area contributed by atoms with Crippen LogP contribution in [0.2, 0.25) is 0 Å². The molecule has 6 rings (SSSR count). The minimum absolute atomic E-state index is 0.667. The average Bonchev–Trinajstić information content (AvgIpc) is 2.77. The fourth-order valence-corrected chi connectivity index (χ4v) is 5.90. The molecule has 2 heterocycles. The number of aryl methyl sites for hydroxylation is 3. The van der Waals surface area contributed by atoms with Crippen LogP contribution in [0.15, 0.2) is 48.7 Å². The van der Waals surface area contributed by atoms with Crippen LogP contribution in [0.25, 0.3) is 32.8 Å². The van der Waals surface area contributed by atoms with Gasteiger partial charge in [0.15, 0.2) is 6.20 Å². The maximum absolute atomic E-state index is 6.67. The van der Waals surface area contributed by atoms with E-state index in [0.717, 1.165) is 11.5 Å². The number of benzene rings is 3. The van der Waals surface area contributed by atoms with Crippen LogP contribution in [0.5, 0.6) is 11.5 Å². The standard InChI is InChI=1S/C28H28NO/c1-17-22-13-14-29(3)28-26-18(2)21-12-8-7-11-20(21)15-24(26)30-25(27(22)28)16-23(17)19-9-5-4-6-10-19/h7-8,11-16,19H,4-6,9-10H2,1-3H3/q+1. The predicted octanol–water partition coefficient (Wildman–Crippen LogP) is 7.25. The Balaban J connectivity index is 1.68. The number of hydrogen-bond acceptors (Lipinski definition) is 1. The molecule has 0 saturated heterocycles. The van der Waals surface area contributed by atoms with E-state index in [-0.39, 0.29) is 0 Å². The molecule has 1 aliphatic carbocycles. The van der Waals surface area contributed by atoms with Gasteiger partial charge in [0.1, 0.15) is 18.5 Å². The molecule has 1 saturated carbocycles. The van der Waals surface area contributed by atoms with Gasteiger partial charge in [-0.25, -0.2) is 4.57 Å². The molecule has 0 N–H and O–H groups in total. The molecule has 1 fully saturated rings.